The van der Waals surface area contributed by atoms with Gasteiger partial charge in [0.2, 0.25) is 0 Å². The average Bonchev–Trinajstić information content (AvgIpc) is 1.37. The van der Waals surface area contributed by atoms with E-state index in [9.17, 15) is 0 Å². The van der Waals surface area contributed by atoms with Gasteiger partial charge in [0.25, 0.3) is 0 Å². The maximum Gasteiger partial charge on any atom is 0.0224 e. The lowest BCUT2D eigenvalue weighted by molar-refractivity contribution is 2.18. The third-order valence-corrected chi connectivity index (χ3v) is 5.10. The molecule has 0 saturated carbocycles. The van der Waals surface area contributed by atoms with Crippen LogP contribution < -0.4 is 0 Å². The summed E-state index contributed by atoms with van der Waals surface area (Å²) in [5.41, 5.74) is 0.992. The number of halogens is 1. The van der Waals surface area contributed by atoms with E-state index in [0.717, 1.165) is 5.50 Å². The lowest BCUT2D eigenvalue weighted by Gasteiger charge is -1.63. The Morgan fingerprint density at radius 2 is 2.25 bits per heavy atom. The van der Waals surface area contributed by atoms with Crippen LogP contribution in [0.1, 0.15) is 0 Å². The molecule has 0 fully saturated rings. The minimum atomic E-state index is 0.329. The van der Waals surface area contributed by atoms with Crippen molar-refractivity contribution in [3.05, 3.63) is 0 Å². The van der Waals surface area contributed by atoms with E-state index in [0.29, 0.717) is 9.04 Å². The Morgan fingerprint density at radius 1 is 2.00 bits per heavy atom. The van der Waals surface area contributed by atoms with Gasteiger partial charge in [0.05, 0.1) is 0 Å². The minimum absolute atomic E-state index is 0.329. The van der Waals surface area contributed by atoms with Crippen molar-refractivity contribution in [2.75, 3.05) is 5.50 Å². The molecule has 0 radical (unpaired) electrons. The van der Waals surface area contributed by atoms with Gasteiger partial charge in [0.15, 0.2) is 0 Å². The molecule has 0 aromatic carbocycles. The first kappa shape index (κ1) is 4.72. The highest BCUT2D eigenvalue weighted by Crippen LogP contribution is 1.59. The zero-order valence-electron chi connectivity index (χ0n) is 2.79. The fourth-order valence-corrected chi connectivity index (χ4v) is 0. The van der Waals surface area contributed by atoms with Crippen molar-refractivity contribution in [2.45, 2.75) is 0 Å². The molecular formula is CH7ClSi2. The summed E-state index contributed by atoms with van der Waals surface area (Å²) in [6, 6.07) is 0. The maximum atomic E-state index is 5.28. The van der Waals surface area contributed by atoms with Crippen molar-refractivity contribution >= 4 is 30.4 Å². The summed E-state index contributed by atoms with van der Waals surface area (Å²) in [5, 5.41) is 0. The Hall–Kier alpha value is 0.724. The molecule has 0 heterocycles. The molecular weight excluding hydrogens is 104 g/mol. The second-order valence-electron chi connectivity index (χ2n) is 0.689. The van der Waals surface area contributed by atoms with Crippen LogP contribution in [0.25, 0.3) is 0 Å². The summed E-state index contributed by atoms with van der Waals surface area (Å²) in [7, 11) is 1.73. The molecule has 0 aromatic heterocycles. The fraction of sp³-hybridized carbons (Fsp3) is 1.00. The summed E-state index contributed by atoms with van der Waals surface area (Å²) in [6.07, 6.45) is 0. The molecule has 0 spiro atoms. The lowest BCUT2D eigenvalue weighted by atomic mass is 11.9. The molecule has 0 amide bonds. The number of hydrogen-bond donors (Lipinski definition) is 0. The van der Waals surface area contributed by atoms with Crippen LogP contribution in [0.3, 0.4) is 0 Å². The molecule has 0 atom stereocenters. The predicted octanol–water partition coefficient (Wildman–Crippen LogP) is -1.37. The summed E-state index contributed by atoms with van der Waals surface area (Å²) < 4.78 is 0. The fourth-order valence-electron chi connectivity index (χ4n) is 0. The van der Waals surface area contributed by atoms with Crippen LogP contribution >= 0.6 is 11.6 Å². The summed E-state index contributed by atoms with van der Waals surface area (Å²) in [5.74, 6) is 0. The highest BCUT2D eigenvalue weighted by atomic mass is 35.5. The van der Waals surface area contributed by atoms with Gasteiger partial charge in [-0.25, -0.2) is 0 Å². The highest BCUT2D eigenvalue weighted by Gasteiger charge is 1.61. The standard InChI is InChI=1S/CH7ClSi2/c2-1-4-3/h1,4H2,3H3. The monoisotopic (exact) mass is 110 g/mol. The van der Waals surface area contributed by atoms with Gasteiger partial charge < -0.3 is 0 Å². The minimum Gasteiger partial charge on any atom is -0.131 e. The molecule has 0 rings (SSSR count). The normalized spacial score (nSPS) is 11.2. The topological polar surface area (TPSA) is 0 Å². The molecule has 0 unspecified atom stereocenters. The van der Waals surface area contributed by atoms with Crippen molar-refractivity contribution in [1.82, 2.24) is 0 Å². The van der Waals surface area contributed by atoms with Gasteiger partial charge in [-0.15, -0.1) is 11.6 Å². The van der Waals surface area contributed by atoms with Crippen LogP contribution in [0.15, 0.2) is 0 Å². The molecule has 0 aliphatic heterocycles. The van der Waals surface area contributed by atoms with Gasteiger partial charge in [-0.2, -0.15) is 0 Å². The van der Waals surface area contributed by atoms with Crippen LogP contribution in [-0.4, -0.2) is 24.3 Å². The molecule has 3 heteroatoms. The number of hydrogen-bond acceptors (Lipinski definition) is 0. The number of alkyl halides is 1. The third-order valence-electron chi connectivity index (χ3n) is 0.189. The predicted molar refractivity (Wildman–Crippen MR) is 29.2 cm³/mol. The van der Waals surface area contributed by atoms with Crippen molar-refractivity contribution in [2.24, 2.45) is 0 Å². The zero-order chi connectivity index (χ0) is 3.41. The SMILES string of the molecule is [SiH3][SiH2]CCl. The Kier molecular flexibility index (Phi) is 4.40. The lowest BCUT2D eigenvalue weighted by Crippen LogP contribution is -1.85. The molecule has 0 aliphatic rings. The first-order chi connectivity index (χ1) is 1.91. The van der Waals surface area contributed by atoms with Gasteiger partial charge >= 0.3 is 0 Å². The van der Waals surface area contributed by atoms with E-state index < -0.39 is 0 Å². The van der Waals surface area contributed by atoms with Crippen molar-refractivity contribution in [3.8, 4) is 0 Å². The van der Waals surface area contributed by atoms with E-state index in [1.165, 1.54) is 9.76 Å². The van der Waals surface area contributed by atoms with Crippen LogP contribution in [0, 0.1) is 0 Å². The van der Waals surface area contributed by atoms with Crippen molar-refractivity contribution in [3.63, 3.8) is 0 Å². The van der Waals surface area contributed by atoms with Crippen LogP contribution in [0.4, 0.5) is 0 Å². The van der Waals surface area contributed by atoms with Gasteiger partial charge in [-0.3, -0.25) is 0 Å². The van der Waals surface area contributed by atoms with Crippen LogP contribution in [0.2, 0.25) is 0 Å². The Bertz CT molecular complexity index is 8.00. The Labute approximate surface area is 36.6 Å². The Balaban J connectivity index is 1.97. The van der Waals surface area contributed by atoms with Crippen molar-refractivity contribution in [1.29, 1.82) is 0 Å². The Morgan fingerprint density at radius 3 is 2.25 bits per heavy atom. The number of rotatable bonds is 1. The summed E-state index contributed by atoms with van der Waals surface area (Å²) >= 11 is 5.28. The molecule has 0 aromatic rings. The van der Waals surface area contributed by atoms with E-state index in [1.807, 2.05) is 0 Å². The first-order valence-corrected chi connectivity index (χ1v) is 8.67. The van der Waals surface area contributed by atoms with E-state index in [2.05, 4.69) is 0 Å². The van der Waals surface area contributed by atoms with Crippen LogP contribution in [-0.2, 0) is 0 Å². The van der Waals surface area contributed by atoms with Crippen molar-refractivity contribution < 1.29 is 0 Å². The molecule has 0 N–H and O–H groups in total. The second-order valence-corrected chi connectivity index (χ2v) is 6.20. The van der Waals surface area contributed by atoms with E-state index >= 15 is 0 Å². The summed E-state index contributed by atoms with van der Waals surface area (Å²) in [6.45, 7) is 0. The molecule has 0 aliphatic carbocycles. The molecule has 26 valence electrons. The largest absolute Gasteiger partial charge is 0.131 e. The van der Waals surface area contributed by atoms with Crippen LogP contribution in [0.5, 0.6) is 0 Å². The van der Waals surface area contributed by atoms with Gasteiger partial charge in [0.1, 0.15) is 0 Å². The molecule has 4 heavy (non-hydrogen) atoms. The smallest absolute Gasteiger partial charge is 0.0224 e. The third kappa shape index (κ3) is 2.72. The summed E-state index contributed by atoms with van der Waals surface area (Å²) in [4.78, 5) is 0. The van der Waals surface area contributed by atoms with E-state index in [4.69, 9.17) is 11.6 Å². The quantitative estimate of drug-likeness (QED) is 0.289. The maximum absolute atomic E-state index is 5.28. The van der Waals surface area contributed by atoms with Gasteiger partial charge in [0, 0.05) is 14.5 Å². The molecule has 0 bridgehead atoms. The van der Waals surface area contributed by atoms with Gasteiger partial charge in [-0.1, -0.05) is 0 Å². The highest BCUT2D eigenvalue weighted by molar-refractivity contribution is 6.92. The van der Waals surface area contributed by atoms with Gasteiger partial charge in [-0.05, 0) is 9.76 Å². The molecule has 0 nitrogen and oxygen atoms in total. The van der Waals surface area contributed by atoms with E-state index in [-0.39, 0.29) is 0 Å². The average molecular weight is 111 g/mol. The zero-order valence-corrected chi connectivity index (χ0v) is 6.96. The second kappa shape index (κ2) is 3.72. The molecule has 0 saturated heterocycles. The first-order valence-electron chi connectivity index (χ1n) is 1.47. The van der Waals surface area contributed by atoms with E-state index in [1.54, 1.807) is 0 Å².